The highest BCUT2D eigenvalue weighted by atomic mass is 16.5. The van der Waals surface area contributed by atoms with Crippen molar-refractivity contribution < 1.29 is 9.47 Å². The Labute approximate surface area is 161 Å². The van der Waals surface area contributed by atoms with E-state index in [1.807, 2.05) is 18.7 Å². The predicted molar refractivity (Wildman–Crippen MR) is 110 cm³/mol. The second-order valence-electron chi connectivity index (χ2n) is 7.36. The van der Waals surface area contributed by atoms with Crippen LogP contribution in [0.1, 0.15) is 90.9 Å². The molecule has 0 aliphatic carbocycles. The monoisotopic (exact) mass is 366 g/mol. The molecule has 0 aliphatic heterocycles. The summed E-state index contributed by atoms with van der Waals surface area (Å²) in [6, 6.07) is 0. The van der Waals surface area contributed by atoms with E-state index in [4.69, 9.17) is 9.47 Å². The first-order valence-corrected chi connectivity index (χ1v) is 11.0. The van der Waals surface area contributed by atoms with Gasteiger partial charge in [0.2, 0.25) is 0 Å². The van der Waals surface area contributed by atoms with Crippen LogP contribution >= 0.6 is 0 Å². The first-order chi connectivity index (χ1) is 12.9. The summed E-state index contributed by atoms with van der Waals surface area (Å²) in [7, 11) is 0. The minimum Gasteiger partial charge on any atom is -0.379 e. The van der Waals surface area contributed by atoms with E-state index in [2.05, 4.69) is 23.4 Å². The summed E-state index contributed by atoms with van der Waals surface area (Å²) >= 11 is 0. The molecule has 0 radical (unpaired) electrons. The Morgan fingerprint density at radius 1 is 0.808 bits per heavy atom. The van der Waals surface area contributed by atoms with E-state index in [1.54, 1.807) is 0 Å². The number of unbranched alkanes of at least 4 members (excludes halogenated alkanes) is 10. The average Bonchev–Trinajstić information content (AvgIpc) is 3.16. The third-order valence-corrected chi connectivity index (χ3v) is 4.77. The number of ether oxygens (including phenoxy) is 2. The highest BCUT2D eigenvalue weighted by Crippen LogP contribution is 2.09. The molecular weight excluding hydrogens is 324 g/mol. The molecule has 0 saturated carbocycles. The maximum Gasteiger partial charge on any atom is 0.0987 e. The number of nitrogens with zero attached hydrogens (tertiary/aromatic N) is 2. The van der Waals surface area contributed by atoms with Crippen LogP contribution in [0.5, 0.6) is 0 Å². The highest BCUT2D eigenvalue weighted by Gasteiger charge is 2.10. The van der Waals surface area contributed by atoms with Crippen molar-refractivity contribution >= 4 is 0 Å². The lowest BCUT2D eigenvalue weighted by molar-refractivity contribution is -0.0265. The van der Waals surface area contributed by atoms with Crippen LogP contribution in [0.15, 0.2) is 18.7 Å². The molecule has 152 valence electrons. The van der Waals surface area contributed by atoms with Gasteiger partial charge in [0.15, 0.2) is 0 Å². The lowest BCUT2D eigenvalue weighted by Gasteiger charge is -2.18. The Hall–Kier alpha value is -0.870. The zero-order chi connectivity index (χ0) is 18.7. The maximum absolute atomic E-state index is 6.07. The first kappa shape index (κ1) is 23.2. The van der Waals surface area contributed by atoms with E-state index in [1.165, 1.54) is 70.6 Å². The summed E-state index contributed by atoms with van der Waals surface area (Å²) in [6.45, 7) is 7.71. The largest absolute Gasteiger partial charge is 0.379 e. The van der Waals surface area contributed by atoms with Gasteiger partial charge in [-0.2, -0.15) is 0 Å². The van der Waals surface area contributed by atoms with E-state index >= 15 is 0 Å². The molecule has 0 saturated heterocycles. The average molecular weight is 367 g/mol. The van der Waals surface area contributed by atoms with E-state index in [0.717, 1.165) is 26.2 Å². The molecule has 0 aromatic carbocycles. The molecule has 1 unspecified atom stereocenters. The van der Waals surface area contributed by atoms with E-state index in [9.17, 15) is 0 Å². The van der Waals surface area contributed by atoms with Gasteiger partial charge >= 0.3 is 0 Å². The lowest BCUT2D eigenvalue weighted by atomic mass is 10.1. The van der Waals surface area contributed by atoms with Gasteiger partial charge < -0.3 is 14.0 Å². The summed E-state index contributed by atoms with van der Waals surface area (Å²) < 4.78 is 14.1. The van der Waals surface area contributed by atoms with E-state index in [0.29, 0.717) is 6.61 Å². The highest BCUT2D eigenvalue weighted by molar-refractivity contribution is 4.76. The SMILES string of the molecule is CCCCCCCCCCOCC(Cn1ccnc1)OCCCCCC. The predicted octanol–water partition coefficient (Wildman–Crippen LogP) is 6.01. The fraction of sp³-hybridized carbons (Fsp3) is 0.864. The van der Waals surface area contributed by atoms with Crippen molar-refractivity contribution in [1.82, 2.24) is 9.55 Å². The summed E-state index contributed by atoms with van der Waals surface area (Å²) in [5.41, 5.74) is 0. The molecule has 4 nitrogen and oxygen atoms in total. The van der Waals surface area contributed by atoms with Gasteiger partial charge in [-0.3, -0.25) is 0 Å². The fourth-order valence-electron chi connectivity index (χ4n) is 3.12. The molecule has 1 heterocycles. The van der Waals surface area contributed by atoms with Crippen LogP contribution in [-0.4, -0.2) is 35.5 Å². The van der Waals surface area contributed by atoms with Crippen LogP contribution in [0.3, 0.4) is 0 Å². The van der Waals surface area contributed by atoms with Crippen molar-refractivity contribution in [2.45, 2.75) is 104 Å². The van der Waals surface area contributed by atoms with Crippen molar-refractivity contribution in [2.24, 2.45) is 0 Å². The van der Waals surface area contributed by atoms with Gasteiger partial charge in [-0.25, -0.2) is 4.98 Å². The zero-order valence-corrected chi connectivity index (χ0v) is 17.3. The summed E-state index contributed by atoms with van der Waals surface area (Å²) in [4.78, 5) is 4.12. The van der Waals surface area contributed by atoms with Crippen LogP contribution in [0.2, 0.25) is 0 Å². The second kappa shape index (κ2) is 17.5. The number of imidazole rings is 1. The van der Waals surface area contributed by atoms with Gasteiger partial charge in [0.1, 0.15) is 0 Å². The van der Waals surface area contributed by atoms with Crippen LogP contribution in [0, 0.1) is 0 Å². The summed E-state index contributed by atoms with van der Waals surface area (Å²) in [5.74, 6) is 0. The molecule has 0 amide bonds. The molecule has 1 rings (SSSR count). The summed E-state index contributed by atoms with van der Waals surface area (Å²) in [5, 5.41) is 0. The first-order valence-electron chi connectivity index (χ1n) is 11.0. The quantitative estimate of drug-likeness (QED) is 0.281. The molecule has 26 heavy (non-hydrogen) atoms. The molecule has 1 atom stereocenters. The third kappa shape index (κ3) is 13.3. The Morgan fingerprint density at radius 3 is 2.08 bits per heavy atom. The second-order valence-corrected chi connectivity index (χ2v) is 7.36. The number of rotatable bonds is 19. The van der Waals surface area contributed by atoms with Crippen LogP contribution < -0.4 is 0 Å². The Kier molecular flexibility index (Phi) is 15.6. The normalized spacial score (nSPS) is 12.5. The van der Waals surface area contributed by atoms with Crippen LogP contribution in [0.25, 0.3) is 0 Å². The smallest absolute Gasteiger partial charge is 0.0987 e. The lowest BCUT2D eigenvalue weighted by Crippen LogP contribution is -2.26. The topological polar surface area (TPSA) is 36.3 Å². The van der Waals surface area contributed by atoms with E-state index < -0.39 is 0 Å². The molecule has 0 aliphatic rings. The third-order valence-electron chi connectivity index (χ3n) is 4.77. The van der Waals surface area contributed by atoms with Crippen molar-refractivity contribution in [3.05, 3.63) is 18.7 Å². The van der Waals surface area contributed by atoms with Gasteiger partial charge in [-0.1, -0.05) is 78.1 Å². The molecule has 0 bridgehead atoms. The van der Waals surface area contributed by atoms with Gasteiger partial charge in [0.25, 0.3) is 0 Å². The van der Waals surface area contributed by atoms with Crippen LogP contribution in [0.4, 0.5) is 0 Å². The minimum absolute atomic E-state index is 0.125. The zero-order valence-electron chi connectivity index (χ0n) is 17.3. The number of hydrogen-bond acceptors (Lipinski definition) is 3. The van der Waals surface area contributed by atoms with E-state index in [-0.39, 0.29) is 6.10 Å². The van der Waals surface area contributed by atoms with Gasteiger partial charge in [0, 0.05) is 25.6 Å². The van der Waals surface area contributed by atoms with Gasteiger partial charge in [-0.05, 0) is 12.8 Å². The van der Waals surface area contributed by atoms with Crippen molar-refractivity contribution in [2.75, 3.05) is 19.8 Å². The molecule has 1 aromatic heterocycles. The number of hydrogen-bond donors (Lipinski definition) is 0. The number of aromatic nitrogens is 2. The van der Waals surface area contributed by atoms with Gasteiger partial charge in [-0.15, -0.1) is 0 Å². The Bertz CT molecular complexity index is 382. The summed E-state index contributed by atoms with van der Waals surface area (Å²) in [6.07, 6.45) is 21.4. The minimum atomic E-state index is 0.125. The maximum atomic E-state index is 6.07. The fourth-order valence-corrected chi connectivity index (χ4v) is 3.12. The molecule has 0 N–H and O–H groups in total. The standard InChI is InChI=1S/C22H42N2O2/c1-3-5-7-9-10-11-12-13-17-25-20-22(19-24-16-15-23-21-24)26-18-14-8-6-4-2/h15-16,21-22H,3-14,17-20H2,1-2H3. The Balaban J connectivity index is 2.07. The Morgan fingerprint density at radius 2 is 1.42 bits per heavy atom. The van der Waals surface area contributed by atoms with Crippen LogP contribution in [-0.2, 0) is 16.0 Å². The molecule has 4 heteroatoms. The van der Waals surface area contributed by atoms with Gasteiger partial charge in [0.05, 0.1) is 25.6 Å². The van der Waals surface area contributed by atoms with Crippen molar-refractivity contribution in [3.8, 4) is 0 Å². The molecule has 0 fully saturated rings. The molecular formula is C22H42N2O2. The van der Waals surface area contributed by atoms with Crippen molar-refractivity contribution in [1.29, 1.82) is 0 Å². The van der Waals surface area contributed by atoms with Crippen molar-refractivity contribution in [3.63, 3.8) is 0 Å². The molecule has 1 aromatic rings. The molecule has 0 spiro atoms.